The Morgan fingerprint density at radius 2 is 1.82 bits per heavy atom. The topological polar surface area (TPSA) is 98.0 Å². The van der Waals surface area contributed by atoms with E-state index in [1.807, 2.05) is 0 Å². The van der Waals surface area contributed by atoms with Gasteiger partial charge in [0, 0.05) is 6.61 Å². The van der Waals surface area contributed by atoms with Gasteiger partial charge in [0.05, 0.1) is 12.3 Å². The third-order valence-electron chi connectivity index (χ3n) is 1.38. The Bertz CT molecular complexity index is 142. The van der Waals surface area contributed by atoms with Crippen molar-refractivity contribution in [2.45, 2.75) is 18.5 Å². The minimum atomic E-state index is -4.17. The first-order chi connectivity index (χ1) is 5.02. The van der Waals surface area contributed by atoms with E-state index in [2.05, 4.69) is 0 Å². The summed E-state index contributed by atoms with van der Waals surface area (Å²) in [4.78, 5) is 17.1. The Hall–Kier alpha value is 0.0700. The smallest absolute Gasteiger partial charge is 0.330 e. The van der Waals surface area contributed by atoms with Gasteiger partial charge in [0.15, 0.2) is 0 Å². The molecule has 0 saturated carbocycles. The Morgan fingerprint density at radius 1 is 1.27 bits per heavy atom. The second-order valence-electron chi connectivity index (χ2n) is 2.29. The van der Waals surface area contributed by atoms with Gasteiger partial charge in [-0.2, -0.15) is 0 Å². The summed E-state index contributed by atoms with van der Waals surface area (Å²) in [5.74, 6) is 0. The van der Waals surface area contributed by atoms with Gasteiger partial charge >= 0.3 is 7.60 Å². The third kappa shape index (κ3) is 4.50. The molecular formula is C5H13O5P. The molecule has 0 bridgehead atoms. The minimum Gasteiger partial charge on any atom is -0.396 e. The van der Waals surface area contributed by atoms with Crippen molar-refractivity contribution in [2.75, 3.05) is 13.2 Å². The lowest BCUT2D eigenvalue weighted by atomic mass is 10.2. The van der Waals surface area contributed by atoms with Crippen LogP contribution in [0.5, 0.6) is 0 Å². The van der Waals surface area contributed by atoms with Crippen LogP contribution in [-0.4, -0.2) is 38.9 Å². The summed E-state index contributed by atoms with van der Waals surface area (Å²) in [7, 11) is -4.17. The molecule has 68 valence electrons. The quantitative estimate of drug-likeness (QED) is 0.423. The van der Waals surface area contributed by atoms with E-state index in [9.17, 15) is 4.57 Å². The second-order valence-corrected chi connectivity index (χ2v) is 4.20. The molecule has 1 atom stereocenters. The van der Waals surface area contributed by atoms with Crippen LogP contribution in [0.3, 0.4) is 0 Å². The summed E-state index contributed by atoms with van der Waals surface area (Å²) in [5, 5.41) is 16.9. The van der Waals surface area contributed by atoms with Crippen LogP contribution in [-0.2, 0) is 4.57 Å². The summed E-state index contributed by atoms with van der Waals surface area (Å²) >= 11 is 0. The van der Waals surface area contributed by atoms with E-state index < -0.39 is 19.9 Å². The maximum Gasteiger partial charge on any atom is 0.330 e. The summed E-state index contributed by atoms with van der Waals surface area (Å²) < 4.78 is 10.5. The SMILES string of the molecule is O=P(O)(O)C(CO)CCCO. The molecule has 0 spiro atoms. The highest BCUT2D eigenvalue weighted by Gasteiger charge is 2.26. The normalized spacial score (nSPS) is 14.9. The zero-order valence-electron chi connectivity index (χ0n) is 6.05. The lowest BCUT2D eigenvalue weighted by Crippen LogP contribution is -2.13. The predicted octanol–water partition coefficient (Wildman–Crippen LogP) is -0.703. The number of aliphatic hydroxyl groups excluding tert-OH is 2. The van der Waals surface area contributed by atoms with Gasteiger partial charge in [0.25, 0.3) is 0 Å². The molecule has 0 aromatic rings. The van der Waals surface area contributed by atoms with Crippen molar-refractivity contribution in [3.8, 4) is 0 Å². The van der Waals surface area contributed by atoms with Crippen LogP contribution >= 0.6 is 7.60 Å². The van der Waals surface area contributed by atoms with Gasteiger partial charge in [-0.05, 0) is 12.8 Å². The fraction of sp³-hybridized carbons (Fsp3) is 1.00. The van der Waals surface area contributed by atoms with Gasteiger partial charge in [-0.3, -0.25) is 4.57 Å². The van der Waals surface area contributed by atoms with Crippen molar-refractivity contribution >= 4 is 7.60 Å². The summed E-state index contributed by atoms with van der Waals surface area (Å²) in [6.07, 6.45) is 0.452. The molecule has 0 aromatic heterocycles. The average Bonchev–Trinajstić information content (AvgIpc) is 1.87. The van der Waals surface area contributed by atoms with Crippen molar-refractivity contribution in [1.82, 2.24) is 0 Å². The van der Waals surface area contributed by atoms with Crippen LogP contribution in [0.25, 0.3) is 0 Å². The van der Waals surface area contributed by atoms with Gasteiger partial charge in [0.2, 0.25) is 0 Å². The molecule has 0 aliphatic rings. The van der Waals surface area contributed by atoms with Gasteiger partial charge < -0.3 is 20.0 Å². The molecule has 0 fully saturated rings. The van der Waals surface area contributed by atoms with E-state index >= 15 is 0 Å². The molecule has 0 radical (unpaired) electrons. The highest BCUT2D eigenvalue weighted by molar-refractivity contribution is 7.52. The summed E-state index contributed by atoms with van der Waals surface area (Å²) in [6, 6.07) is 0. The number of rotatable bonds is 5. The van der Waals surface area contributed by atoms with E-state index in [1.165, 1.54) is 0 Å². The fourth-order valence-electron chi connectivity index (χ4n) is 0.693. The van der Waals surface area contributed by atoms with E-state index in [0.717, 1.165) is 0 Å². The van der Waals surface area contributed by atoms with Gasteiger partial charge in [-0.1, -0.05) is 0 Å². The van der Waals surface area contributed by atoms with Crippen LogP contribution in [0.2, 0.25) is 0 Å². The fourth-order valence-corrected chi connectivity index (χ4v) is 1.42. The van der Waals surface area contributed by atoms with E-state index in [1.54, 1.807) is 0 Å². The molecule has 0 heterocycles. The standard InChI is InChI=1S/C5H13O5P/c6-3-1-2-5(4-7)11(8,9)10/h5-7H,1-4H2,(H2,8,9,10). The molecule has 1 unspecified atom stereocenters. The second kappa shape index (κ2) is 4.85. The predicted molar refractivity (Wildman–Crippen MR) is 39.2 cm³/mol. The highest BCUT2D eigenvalue weighted by atomic mass is 31.2. The average molecular weight is 184 g/mol. The van der Waals surface area contributed by atoms with E-state index in [4.69, 9.17) is 20.0 Å². The zero-order valence-corrected chi connectivity index (χ0v) is 6.94. The molecule has 0 amide bonds. The number of aliphatic hydroxyl groups is 2. The Balaban J connectivity index is 3.86. The Morgan fingerprint density at radius 3 is 2.09 bits per heavy atom. The van der Waals surface area contributed by atoms with E-state index in [0.29, 0.717) is 6.42 Å². The Kier molecular flexibility index (Phi) is 4.88. The zero-order chi connectivity index (χ0) is 8.91. The molecule has 5 nitrogen and oxygen atoms in total. The monoisotopic (exact) mass is 184 g/mol. The molecular weight excluding hydrogens is 171 g/mol. The molecule has 11 heavy (non-hydrogen) atoms. The maximum absolute atomic E-state index is 10.5. The van der Waals surface area contributed by atoms with Crippen molar-refractivity contribution in [3.05, 3.63) is 0 Å². The maximum atomic E-state index is 10.5. The highest BCUT2D eigenvalue weighted by Crippen LogP contribution is 2.42. The van der Waals surface area contributed by atoms with Gasteiger partial charge in [-0.15, -0.1) is 0 Å². The molecule has 0 aromatic carbocycles. The van der Waals surface area contributed by atoms with Crippen LogP contribution in [0.1, 0.15) is 12.8 Å². The molecule has 0 saturated heterocycles. The molecule has 0 aliphatic heterocycles. The summed E-state index contributed by atoms with van der Waals surface area (Å²) in [6.45, 7) is -0.652. The van der Waals surface area contributed by atoms with Gasteiger partial charge in [-0.25, -0.2) is 0 Å². The minimum absolute atomic E-state index is 0.115. The van der Waals surface area contributed by atoms with Crippen molar-refractivity contribution in [3.63, 3.8) is 0 Å². The van der Waals surface area contributed by atoms with Crippen LogP contribution in [0.4, 0.5) is 0 Å². The lowest BCUT2D eigenvalue weighted by molar-refractivity contribution is 0.241. The van der Waals surface area contributed by atoms with Crippen LogP contribution in [0, 0.1) is 0 Å². The summed E-state index contributed by atoms with van der Waals surface area (Å²) in [5.41, 5.74) is -1.02. The Labute approximate surface area is 64.8 Å². The van der Waals surface area contributed by atoms with E-state index in [-0.39, 0.29) is 13.0 Å². The molecule has 0 rings (SSSR count). The number of hydrogen-bond donors (Lipinski definition) is 4. The van der Waals surface area contributed by atoms with Crippen molar-refractivity contribution in [2.24, 2.45) is 0 Å². The molecule has 0 aliphatic carbocycles. The molecule has 4 N–H and O–H groups in total. The lowest BCUT2D eigenvalue weighted by Gasteiger charge is -2.14. The first kappa shape index (κ1) is 11.1. The largest absolute Gasteiger partial charge is 0.396 e. The first-order valence-corrected chi connectivity index (χ1v) is 4.97. The van der Waals surface area contributed by atoms with Crippen molar-refractivity contribution in [1.29, 1.82) is 0 Å². The van der Waals surface area contributed by atoms with Crippen molar-refractivity contribution < 1.29 is 24.6 Å². The van der Waals surface area contributed by atoms with Crippen LogP contribution in [0.15, 0.2) is 0 Å². The third-order valence-corrected chi connectivity index (χ3v) is 2.75. The number of hydrogen-bond acceptors (Lipinski definition) is 3. The molecule has 6 heteroatoms. The van der Waals surface area contributed by atoms with Gasteiger partial charge in [0.1, 0.15) is 0 Å². The van der Waals surface area contributed by atoms with Crippen LogP contribution < -0.4 is 0 Å². The first-order valence-electron chi connectivity index (χ1n) is 3.29.